The Bertz CT molecular complexity index is 463. The van der Waals surface area contributed by atoms with Crippen molar-refractivity contribution in [2.75, 3.05) is 0 Å². The normalized spacial score (nSPS) is 12.7. The Morgan fingerprint density at radius 1 is 1.31 bits per heavy atom. The predicted octanol–water partition coefficient (Wildman–Crippen LogP) is 1.74. The molecule has 0 saturated carbocycles. The third-order valence-electron chi connectivity index (χ3n) is 2.40. The molecule has 4 nitrogen and oxygen atoms in total. The van der Waals surface area contributed by atoms with Crippen LogP contribution in [-0.4, -0.2) is 9.78 Å². The summed E-state index contributed by atoms with van der Waals surface area (Å²) < 4.78 is 2.81. The Kier molecular flexibility index (Phi) is 3.38. The highest BCUT2D eigenvalue weighted by Crippen LogP contribution is 2.21. The number of aromatic nitrogens is 2. The number of aryl methyl sites for hydroxylation is 1. The van der Waals surface area contributed by atoms with Crippen molar-refractivity contribution in [2.24, 2.45) is 12.9 Å². The highest BCUT2D eigenvalue weighted by Gasteiger charge is 2.14. The molecule has 2 aromatic rings. The van der Waals surface area contributed by atoms with Gasteiger partial charge in [0.15, 0.2) is 0 Å². The minimum Gasteiger partial charge on any atom is -0.275 e. The summed E-state index contributed by atoms with van der Waals surface area (Å²) in [5.41, 5.74) is 4.77. The Morgan fingerprint density at radius 3 is 2.50 bits per heavy atom. The molecule has 16 heavy (non-hydrogen) atoms. The summed E-state index contributed by atoms with van der Waals surface area (Å²) in [6, 6.07) is 9.89. The van der Waals surface area contributed by atoms with Gasteiger partial charge in [0.2, 0.25) is 0 Å². The second-order valence-electron chi connectivity index (χ2n) is 3.57. The molecular weight excluding hydrogens is 268 g/mol. The van der Waals surface area contributed by atoms with Crippen molar-refractivity contribution in [1.29, 1.82) is 0 Å². The number of hydrogen-bond donors (Lipinski definition) is 2. The molecule has 0 radical (unpaired) electrons. The van der Waals surface area contributed by atoms with Crippen LogP contribution in [0.5, 0.6) is 0 Å². The van der Waals surface area contributed by atoms with Crippen molar-refractivity contribution >= 4 is 15.9 Å². The van der Waals surface area contributed by atoms with Crippen LogP contribution in [0.15, 0.2) is 41.0 Å². The van der Waals surface area contributed by atoms with Crippen molar-refractivity contribution in [3.05, 3.63) is 52.3 Å². The topological polar surface area (TPSA) is 55.9 Å². The Labute approximate surface area is 103 Å². The summed E-state index contributed by atoms with van der Waals surface area (Å²) in [4.78, 5) is 0. The van der Waals surface area contributed by atoms with E-state index in [1.807, 2.05) is 43.6 Å². The highest BCUT2D eigenvalue weighted by molar-refractivity contribution is 9.10. The lowest BCUT2D eigenvalue weighted by Crippen LogP contribution is -2.29. The number of nitrogens with one attached hydrogen (secondary N) is 1. The first-order chi connectivity index (χ1) is 7.70. The molecule has 1 atom stereocenters. The van der Waals surface area contributed by atoms with Crippen LogP contribution in [0, 0.1) is 0 Å². The Balaban J connectivity index is 2.32. The van der Waals surface area contributed by atoms with E-state index in [1.165, 1.54) is 0 Å². The number of benzene rings is 1. The lowest BCUT2D eigenvalue weighted by Gasteiger charge is -2.13. The second-order valence-corrected chi connectivity index (χ2v) is 4.48. The molecular formula is C11H13BrN4. The number of halogens is 1. The van der Waals surface area contributed by atoms with Crippen LogP contribution in [0.2, 0.25) is 0 Å². The summed E-state index contributed by atoms with van der Waals surface area (Å²) >= 11 is 3.41. The van der Waals surface area contributed by atoms with Crippen molar-refractivity contribution < 1.29 is 0 Å². The van der Waals surface area contributed by atoms with Crippen LogP contribution in [-0.2, 0) is 7.05 Å². The van der Waals surface area contributed by atoms with Gasteiger partial charge in [-0.25, -0.2) is 5.43 Å². The molecule has 84 valence electrons. The van der Waals surface area contributed by atoms with Crippen molar-refractivity contribution in [3.8, 4) is 0 Å². The van der Waals surface area contributed by atoms with Gasteiger partial charge in [0.25, 0.3) is 0 Å². The lowest BCUT2D eigenvalue weighted by molar-refractivity contribution is 0.603. The molecule has 5 heteroatoms. The molecule has 0 bridgehead atoms. The number of rotatable bonds is 3. The van der Waals surface area contributed by atoms with Gasteiger partial charge in [-0.1, -0.05) is 28.1 Å². The molecule has 0 amide bonds. The van der Waals surface area contributed by atoms with E-state index in [0.29, 0.717) is 0 Å². The zero-order chi connectivity index (χ0) is 11.5. The Hall–Kier alpha value is -1.17. The van der Waals surface area contributed by atoms with E-state index in [9.17, 15) is 0 Å². The largest absolute Gasteiger partial charge is 0.275 e. The third kappa shape index (κ3) is 2.32. The maximum Gasteiger partial charge on any atom is 0.0899 e. The molecule has 0 aliphatic heterocycles. The van der Waals surface area contributed by atoms with Gasteiger partial charge in [0.05, 0.1) is 11.7 Å². The molecule has 2 rings (SSSR count). The molecule has 1 aromatic heterocycles. The molecule has 1 unspecified atom stereocenters. The molecule has 0 fully saturated rings. The van der Waals surface area contributed by atoms with E-state index in [4.69, 9.17) is 5.84 Å². The van der Waals surface area contributed by atoms with E-state index < -0.39 is 0 Å². The second kappa shape index (κ2) is 4.78. The van der Waals surface area contributed by atoms with Crippen molar-refractivity contribution in [1.82, 2.24) is 15.2 Å². The standard InChI is InChI=1S/C11H13BrN4/c1-16-7-6-10(15-16)11(14-13)8-2-4-9(12)5-3-8/h2-7,11,14H,13H2,1H3. The smallest absolute Gasteiger partial charge is 0.0899 e. The zero-order valence-electron chi connectivity index (χ0n) is 8.89. The van der Waals surface area contributed by atoms with Gasteiger partial charge in [0.1, 0.15) is 0 Å². The van der Waals surface area contributed by atoms with E-state index in [-0.39, 0.29) is 6.04 Å². The first kappa shape index (κ1) is 11.3. The van der Waals surface area contributed by atoms with Gasteiger partial charge in [0, 0.05) is 17.7 Å². The first-order valence-electron chi connectivity index (χ1n) is 4.92. The van der Waals surface area contributed by atoms with Gasteiger partial charge in [-0.05, 0) is 23.8 Å². The number of nitrogens with two attached hydrogens (primary N) is 1. The average molecular weight is 281 g/mol. The predicted molar refractivity (Wildman–Crippen MR) is 66.5 cm³/mol. The molecule has 0 aliphatic rings. The summed E-state index contributed by atoms with van der Waals surface area (Å²) in [6.45, 7) is 0. The van der Waals surface area contributed by atoms with Crippen LogP contribution in [0.25, 0.3) is 0 Å². The first-order valence-corrected chi connectivity index (χ1v) is 5.71. The van der Waals surface area contributed by atoms with Gasteiger partial charge in [-0.3, -0.25) is 10.5 Å². The lowest BCUT2D eigenvalue weighted by atomic mass is 10.1. The summed E-state index contributed by atoms with van der Waals surface area (Å²) in [6.07, 6.45) is 1.90. The van der Waals surface area contributed by atoms with Crippen molar-refractivity contribution in [3.63, 3.8) is 0 Å². The summed E-state index contributed by atoms with van der Waals surface area (Å²) in [5.74, 6) is 5.57. The fourth-order valence-corrected chi connectivity index (χ4v) is 1.86. The fourth-order valence-electron chi connectivity index (χ4n) is 1.59. The molecule has 0 aliphatic carbocycles. The van der Waals surface area contributed by atoms with Gasteiger partial charge in [-0.2, -0.15) is 5.10 Å². The van der Waals surface area contributed by atoms with E-state index in [2.05, 4.69) is 26.5 Å². The van der Waals surface area contributed by atoms with Crippen LogP contribution >= 0.6 is 15.9 Å². The quantitative estimate of drug-likeness (QED) is 0.665. The fraction of sp³-hybridized carbons (Fsp3) is 0.182. The van der Waals surface area contributed by atoms with Gasteiger partial charge < -0.3 is 0 Å². The van der Waals surface area contributed by atoms with Crippen LogP contribution < -0.4 is 11.3 Å². The molecule has 1 heterocycles. The van der Waals surface area contributed by atoms with Crippen LogP contribution in [0.3, 0.4) is 0 Å². The molecule has 1 aromatic carbocycles. The van der Waals surface area contributed by atoms with E-state index >= 15 is 0 Å². The average Bonchev–Trinajstić information content (AvgIpc) is 2.69. The number of nitrogens with zero attached hydrogens (tertiary/aromatic N) is 2. The molecule has 3 N–H and O–H groups in total. The minimum absolute atomic E-state index is 0.0747. The monoisotopic (exact) mass is 280 g/mol. The van der Waals surface area contributed by atoms with E-state index in [0.717, 1.165) is 15.7 Å². The highest BCUT2D eigenvalue weighted by atomic mass is 79.9. The molecule has 0 saturated heterocycles. The van der Waals surface area contributed by atoms with Crippen LogP contribution in [0.1, 0.15) is 17.3 Å². The maximum atomic E-state index is 5.57. The minimum atomic E-state index is -0.0747. The van der Waals surface area contributed by atoms with Crippen molar-refractivity contribution in [2.45, 2.75) is 6.04 Å². The summed E-state index contributed by atoms with van der Waals surface area (Å²) in [7, 11) is 1.89. The maximum absolute atomic E-state index is 5.57. The third-order valence-corrected chi connectivity index (χ3v) is 2.93. The van der Waals surface area contributed by atoms with Crippen LogP contribution in [0.4, 0.5) is 0 Å². The number of hydrogen-bond acceptors (Lipinski definition) is 3. The Morgan fingerprint density at radius 2 is 2.00 bits per heavy atom. The number of hydrazine groups is 1. The zero-order valence-corrected chi connectivity index (χ0v) is 10.5. The van der Waals surface area contributed by atoms with E-state index in [1.54, 1.807) is 4.68 Å². The van der Waals surface area contributed by atoms with Gasteiger partial charge >= 0.3 is 0 Å². The molecule has 0 spiro atoms. The SMILES string of the molecule is Cn1ccc(C(NN)c2ccc(Br)cc2)n1. The summed E-state index contributed by atoms with van der Waals surface area (Å²) in [5, 5.41) is 4.34. The van der Waals surface area contributed by atoms with Gasteiger partial charge in [-0.15, -0.1) is 0 Å².